The smallest absolute Gasteiger partial charge is 0.149 e. The Balaban J connectivity index is 2.96. The van der Waals surface area contributed by atoms with Crippen molar-refractivity contribution < 1.29 is 8.78 Å². The summed E-state index contributed by atoms with van der Waals surface area (Å²) in [6, 6.07) is 2.85. The summed E-state index contributed by atoms with van der Waals surface area (Å²) in [5.74, 6) is -0.961. The maximum absolute atomic E-state index is 14.2. The van der Waals surface area contributed by atoms with Crippen molar-refractivity contribution in [1.29, 1.82) is 0 Å². The van der Waals surface area contributed by atoms with Crippen molar-refractivity contribution in [3.8, 4) is 0 Å². The van der Waals surface area contributed by atoms with Crippen LogP contribution in [0.2, 0.25) is 0 Å². The van der Waals surface area contributed by atoms with Crippen LogP contribution in [0.5, 0.6) is 0 Å². The average Bonchev–Trinajstić information content (AvgIpc) is 2.33. The Morgan fingerprint density at radius 2 is 1.65 bits per heavy atom. The molecular weight excluding hydrogens is 258 g/mol. The van der Waals surface area contributed by atoms with Gasteiger partial charge in [0, 0.05) is 25.2 Å². The standard InChI is InChI=1S/C16H26F2N2/c1-6-8-20(7-2)15-13(17)9-12(10-14(15)18)11-19-16(3,4)5/h9-10,19H,6-8,11H2,1-5H3. The Labute approximate surface area is 121 Å². The molecule has 0 bridgehead atoms. The molecule has 0 aliphatic carbocycles. The number of anilines is 1. The minimum absolute atomic E-state index is 0.0801. The Morgan fingerprint density at radius 1 is 1.10 bits per heavy atom. The van der Waals surface area contributed by atoms with Gasteiger partial charge in [0.05, 0.1) is 0 Å². The number of hydrogen-bond donors (Lipinski definition) is 1. The number of rotatable bonds is 6. The van der Waals surface area contributed by atoms with Gasteiger partial charge in [-0.15, -0.1) is 0 Å². The zero-order valence-corrected chi connectivity index (χ0v) is 13.2. The Hall–Kier alpha value is -1.16. The summed E-state index contributed by atoms with van der Waals surface area (Å²) in [4.78, 5) is 1.74. The normalized spacial score (nSPS) is 11.8. The van der Waals surface area contributed by atoms with Crippen LogP contribution in [-0.4, -0.2) is 18.6 Å². The highest BCUT2D eigenvalue weighted by molar-refractivity contribution is 5.50. The number of halogens is 2. The van der Waals surface area contributed by atoms with Crippen LogP contribution in [-0.2, 0) is 6.54 Å². The summed E-state index contributed by atoms with van der Waals surface area (Å²) in [6.45, 7) is 11.7. The van der Waals surface area contributed by atoms with Gasteiger partial charge in [-0.05, 0) is 51.8 Å². The van der Waals surface area contributed by atoms with Crippen molar-refractivity contribution in [2.24, 2.45) is 0 Å². The van der Waals surface area contributed by atoms with Gasteiger partial charge in [-0.3, -0.25) is 0 Å². The molecule has 2 nitrogen and oxygen atoms in total. The fraction of sp³-hybridized carbons (Fsp3) is 0.625. The van der Waals surface area contributed by atoms with Crippen LogP contribution in [0.1, 0.15) is 46.6 Å². The minimum Gasteiger partial charge on any atom is -0.367 e. The monoisotopic (exact) mass is 284 g/mol. The summed E-state index contributed by atoms with van der Waals surface area (Å²) in [7, 11) is 0. The molecule has 0 unspecified atom stereocenters. The van der Waals surface area contributed by atoms with Gasteiger partial charge >= 0.3 is 0 Å². The average molecular weight is 284 g/mol. The highest BCUT2D eigenvalue weighted by atomic mass is 19.1. The fourth-order valence-corrected chi connectivity index (χ4v) is 2.09. The van der Waals surface area contributed by atoms with E-state index in [0.717, 1.165) is 6.42 Å². The summed E-state index contributed by atoms with van der Waals surface area (Å²) in [5.41, 5.74) is 0.642. The molecule has 0 spiro atoms. The summed E-state index contributed by atoms with van der Waals surface area (Å²) < 4.78 is 28.4. The van der Waals surface area contributed by atoms with E-state index in [9.17, 15) is 8.78 Å². The summed E-state index contributed by atoms with van der Waals surface area (Å²) in [6.07, 6.45) is 0.861. The van der Waals surface area contributed by atoms with Crippen LogP contribution in [0.25, 0.3) is 0 Å². The van der Waals surface area contributed by atoms with Crippen LogP contribution in [0.4, 0.5) is 14.5 Å². The lowest BCUT2D eigenvalue weighted by atomic mass is 10.1. The Bertz CT molecular complexity index is 416. The van der Waals surface area contributed by atoms with Gasteiger partial charge in [0.25, 0.3) is 0 Å². The van der Waals surface area contributed by atoms with E-state index < -0.39 is 11.6 Å². The lowest BCUT2D eigenvalue weighted by Gasteiger charge is -2.25. The van der Waals surface area contributed by atoms with Gasteiger partial charge in [-0.1, -0.05) is 6.92 Å². The van der Waals surface area contributed by atoms with E-state index in [-0.39, 0.29) is 11.2 Å². The predicted octanol–water partition coefficient (Wildman–Crippen LogP) is 4.09. The predicted molar refractivity (Wildman–Crippen MR) is 81.1 cm³/mol. The molecule has 0 atom stereocenters. The first-order chi connectivity index (χ1) is 9.28. The highest BCUT2D eigenvalue weighted by Gasteiger charge is 2.17. The van der Waals surface area contributed by atoms with Crippen molar-refractivity contribution in [2.75, 3.05) is 18.0 Å². The van der Waals surface area contributed by atoms with Gasteiger partial charge in [-0.2, -0.15) is 0 Å². The molecule has 1 rings (SSSR count). The maximum atomic E-state index is 14.2. The molecule has 0 aliphatic heterocycles. The molecule has 4 heteroatoms. The van der Waals surface area contributed by atoms with Crippen molar-refractivity contribution in [1.82, 2.24) is 5.32 Å². The van der Waals surface area contributed by atoms with Crippen LogP contribution >= 0.6 is 0 Å². The van der Waals surface area contributed by atoms with E-state index >= 15 is 0 Å². The first-order valence-corrected chi connectivity index (χ1v) is 7.26. The summed E-state index contributed by atoms with van der Waals surface area (Å²) >= 11 is 0. The first kappa shape index (κ1) is 16.9. The van der Waals surface area contributed by atoms with Crippen molar-refractivity contribution in [2.45, 2.75) is 53.1 Å². The second-order valence-corrected chi connectivity index (χ2v) is 6.09. The van der Waals surface area contributed by atoms with E-state index in [1.807, 2.05) is 34.6 Å². The van der Waals surface area contributed by atoms with Crippen LogP contribution in [0.15, 0.2) is 12.1 Å². The van der Waals surface area contributed by atoms with E-state index in [1.165, 1.54) is 12.1 Å². The van der Waals surface area contributed by atoms with Crippen molar-refractivity contribution in [3.05, 3.63) is 29.3 Å². The number of hydrogen-bond acceptors (Lipinski definition) is 2. The van der Waals surface area contributed by atoms with Gasteiger partial charge in [0.2, 0.25) is 0 Å². The quantitative estimate of drug-likeness (QED) is 0.846. The lowest BCUT2D eigenvalue weighted by Crippen LogP contribution is -2.35. The zero-order chi connectivity index (χ0) is 15.3. The van der Waals surface area contributed by atoms with Gasteiger partial charge in [-0.25, -0.2) is 8.78 Å². The second kappa shape index (κ2) is 7.02. The van der Waals surface area contributed by atoms with E-state index in [2.05, 4.69) is 5.32 Å². The van der Waals surface area contributed by atoms with E-state index in [4.69, 9.17) is 0 Å². The lowest BCUT2D eigenvalue weighted by molar-refractivity contribution is 0.422. The van der Waals surface area contributed by atoms with E-state index in [1.54, 1.807) is 4.90 Å². The van der Waals surface area contributed by atoms with Crippen molar-refractivity contribution in [3.63, 3.8) is 0 Å². The molecule has 0 radical (unpaired) electrons. The number of benzene rings is 1. The van der Waals surface area contributed by atoms with E-state index in [0.29, 0.717) is 25.2 Å². The van der Waals surface area contributed by atoms with Crippen LogP contribution in [0, 0.1) is 11.6 Å². The Kier molecular flexibility index (Phi) is 5.93. The van der Waals surface area contributed by atoms with Crippen LogP contribution < -0.4 is 10.2 Å². The third-order valence-corrected chi connectivity index (χ3v) is 3.09. The molecule has 0 heterocycles. The molecule has 0 saturated heterocycles. The molecule has 1 aromatic rings. The molecule has 20 heavy (non-hydrogen) atoms. The molecule has 0 amide bonds. The third kappa shape index (κ3) is 4.75. The largest absolute Gasteiger partial charge is 0.367 e. The topological polar surface area (TPSA) is 15.3 Å². The Morgan fingerprint density at radius 3 is 2.05 bits per heavy atom. The molecule has 1 aromatic carbocycles. The molecular formula is C16H26F2N2. The van der Waals surface area contributed by atoms with Gasteiger partial charge in [0.1, 0.15) is 17.3 Å². The first-order valence-electron chi connectivity index (χ1n) is 7.26. The maximum Gasteiger partial charge on any atom is 0.149 e. The second-order valence-electron chi connectivity index (χ2n) is 6.09. The number of nitrogens with one attached hydrogen (secondary N) is 1. The summed E-state index contributed by atoms with van der Waals surface area (Å²) in [5, 5.41) is 3.23. The van der Waals surface area contributed by atoms with Gasteiger partial charge in [0.15, 0.2) is 0 Å². The molecule has 0 fully saturated rings. The molecule has 114 valence electrons. The zero-order valence-electron chi connectivity index (χ0n) is 13.2. The van der Waals surface area contributed by atoms with Crippen molar-refractivity contribution >= 4 is 5.69 Å². The number of nitrogens with zero attached hydrogens (tertiary/aromatic N) is 1. The molecule has 0 aromatic heterocycles. The fourth-order valence-electron chi connectivity index (χ4n) is 2.09. The van der Waals surface area contributed by atoms with Crippen LogP contribution in [0.3, 0.4) is 0 Å². The molecule has 1 N–H and O–H groups in total. The minimum atomic E-state index is -0.481. The molecule has 0 saturated carbocycles. The molecule has 0 aliphatic rings. The third-order valence-electron chi connectivity index (χ3n) is 3.09. The highest BCUT2D eigenvalue weighted by Crippen LogP contribution is 2.25. The SMILES string of the molecule is CCCN(CC)c1c(F)cc(CNC(C)(C)C)cc1F. The van der Waals surface area contributed by atoms with Gasteiger partial charge < -0.3 is 10.2 Å².